The summed E-state index contributed by atoms with van der Waals surface area (Å²) >= 11 is 0. The molecule has 1 aliphatic heterocycles. The van der Waals surface area contributed by atoms with E-state index >= 15 is 0 Å². The fourth-order valence-electron chi connectivity index (χ4n) is 2.82. The minimum absolute atomic E-state index is 0.0691. The van der Waals surface area contributed by atoms with Crippen LogP contribution in [0.2, 0.25) is 0 Å². The van der Waals surface area contributed by atoms with Gasteiger partial charge < -0.3 is 10.6 Å². The van der Waals surface area contributed by atoms with E-state index in [1.54, 1.807) is 12.3 Å². The number of nitrogens with zero attached hydrogens (tertiary/aromatic N) is 4. The second kappa shape index (κ2) is 7.40. The van der Waals surface area contributed by atoms with E-state index in [-0.39, 0.29) is 23.8 Å². The van der Waals surface area contributed by atoms with Crippen molar-refractivity contribution in [2.24, 2.45) is 5.92 Å². The van der Waals surface area contributed by atoms with Crippen molar-refractivity contribution in [3.8, 4) is 6.07 Å². The van der Waals surface area contributed by atoms with Gasteiger partial charge in [0.15, 0.2) is 5.82 Å². The number of carbonyl (C=O) groups is 1. The Labute approximate surface area is 146 Å². The summed E-state index contributed by atoms with van der Waals surface area (Å²) in [6.45, 7) is 5.58. The molecule has 3 heterocycles. The van der Waals surface area contributed by atoms with Gasteiger partial charge in [-0.05, 0) is 39.3 Å². The lowest BCUT2D eigenvalue weighted by atomic mass is 9.99. The first-order valence-electron chi connectivity index (χ1n) is 8.43. The van der Waals surface area contributed by atoms with E-state index in [1.165, 1.54) is 0 Å². The van der Waals surface area contributed by atoms with Crippen molar-refractivity contribution in [3.63, 3.8) is 0 Å². The average Bonchev–Trinajstić information content (AvgIpc) is 2.62. The first kappa shape index (κ1) is 17.0. The topological polar surface area (TPSA) is 116 Å². The molecule has 0 aliphatic carbocycles. The number of amides is 1. The third kappa shape index (κ3) is 4.00. The lowest BCUT2D eigenvalue weighted by Gasteiger charge is -2.21. The second-order valence-corrected chi connectivity index (χ2v) is 6.43. The van der Waals surface area contributed by atoms with E-state index in [0.29, 0.717) is 29.0 Å². The lowest BCUT2D eigenvalue weighted by Crippen LogP contribution is -2.37. The molecule has 2 aromatic heterocycles. The van der Waals surface area contributed by atoms with Crippen LogP contribution in [0.15, 0.2) is 12.3 Å². The maximum atomic E-state index is 12.4. The van der Waals surface area contributed by atoms with Crippen LogP contribution in [0.5, 0.6) is 0 Å². The van der Waals surface area contributed by atoms with Gasteiger partial charge in [0.05, 0.1) is 5.92 Å². The Morgan fingerprint density at radius 2 is 2.28 bits per heavy atom. The zero-order chi connectivity index (χ0) is 17.8. The number of anilines is 2. The van der Waals surface area contributed by atoms with Gasteiger partial charge in [-0.3, -0.25) is 10.1 Å². The van der Waals surface area contributed by atoms with E-state index in [9.17, 15) is 4.79 Å². The van der Waals surface area contributed by atoms with Crippen LogP contribution in [0, 0.1) is 17.2 Å². The van der Waals surface area contributed by atoms with Crippen LogP contribution < -0.4 is 16.0 Å². The third-order valence-corrected chi connectivity index (χ3v) is 4.01. The van der Waals surface area contributed by atoms with Crippen LogP contribution in [0.1, 0.15) is 32.4 Å². The summed E-state index contributed by atoms with van der Waals surface area (Å²) in [5.41, 5.74) is 0.879. The van der Waals surface area contributed by atoms with Crippen molar-refractivity contribution < 1.29 is 4.79 Å². The number of nitriles is 1. The number of carbonyl (C=O) groups excluding carboxylic acids is 1. The minimum atomic E-state index is -0.0773. The van der Waals surface area contributed by atoms with Crippen LogP contribution in [0.25, 0.3) is 10.9 Å². The number of fused-ring (bicyclic) bond motifs is 1. The summed E-state index contributed by atoms with van der Waals surface area (Å²) in [5, 5.41) is 19.0. The number of hydrogen-bond donors (Lipinski definition) is 3. The van der Waals surface area contributed by atoms with E-state index in [4.69, 9.17) is 5.26 Å². The normalized spacial score (nSPS) is 17.3. The molecule has 1 atom stereocenters. The van der Waals surface area contributed by atoms with Gasteiger partial charge in [0, 0.05) is 24.2 Å². The maximum Gasteiger partial charge on any atom is 0.231 e. The molecular formula is C17H21N7O. The molecule has 1 fully saturated rings. The van der Waals surface area contributed by atoms with Crippen molar-refractivity contribution in [1.29, 1.82) is 5.26 Å². The van der Waals surface area contributed by atoms with Gasteiger partial charge in [-0.25, -0.2) is 15.0 Å². The molecule has 8 nitrogen and oxygen atoms in total. The quantitative estimate of drug-likeness (QED) is 0.775. The van der Waals surface area contributed by atoms with E-state index < -0.39 is 0 Å². The molecule has 25 heavy (non-hydrogen) atoms. The molecule has 1 amide bonds. The second-order valence-electron chi connectivity index (χ2n) is 6.43. The largest absolute Gasteiger partial charge is 0.366 e. The Morgan fingerprint density at radius 3 is 2.96 bits per heavy atom. The van der Waals surface area contributed by atoms with Crippen molar-refractivity contribution in [2.75, 3.05) is 23.7 Å². The summed E-state index contributed by atoms with van der Waals surface area (Å²) in [7, 11) is 0. The Morgan fingerprint density at radius 1 is 1.44 bits per heavy atom. The number of piperidine rings is 1. The molecular weight excluding hydrogens is 318 g/mol. The van der Waals surface area contributed by atoms with Crippen molar-refractivity contribution in [2.45, 2.75) is 32.7 Å². The minimum Gasteiger partial charge on any atom is -0.366 e. The van der Waals surface area contributed by atoms with Crippen LogP contribution in [-0.2, 0) is 4.79 Å². The summed E-state index contributed by atoms with van der Waals surface area (Å²) in [5.74, 6) is 0.620. The molecule has 1 saturated heterocycles. The number of rotatable bonds is 4. The van der Waals surface area contributed by atoms with Gasteiger partial charge in [0.1, 0.15) is 17.3 Å². The van der Waals surface area contributed by atoms with Gasteiger partial charge >= 0.3 is 0 Å². The number of pyridine rings is 1. The van der Waals surface area contributed by atoms with Crippen molar-refractivity contribution >= 4 is 28.6 Å². The Balaban J connectivity index is 1.90. The fourth-order valence-corrected chi connectivity index (χ4v) is 2.82. The number of hydrogen-bond acceptors (Lipinski definition) is 7. The summed E-state index contributed by atoms with van der Waals surface area (Å²) < 4.78 is 0. The van der Waals surface area contributed by atoms with Crippen LogP contribution >= 0.6 is 0 Å². The average molecular weight is 339 g/mol. The van der Waals surface area contributed by atoms with Gasteiger partial charge in [0.2, 0.25) is 11.9 Å². The van der Waals surface area contributed by atoms with Gasteiger partial charge in [-0.2, -0.15) is 5.26 Å². The van der Waals surface area contributed by atoms with E-state index in [0.717, 1.165) is 19.4 Å². The molecule has 0 bridgehead atoms. The molecule has 130 valence electrons. The summed E-state index contributed by atoms with van der Waals surface area (Å²) in [6, 6.07) is 3.81. The summed E-state index contributed by atoms with van der Waals surface area (Å²) in [4.78, 5) is 25.3. The molecule has 0 saturated carbocycles. The summed E-state index contributed by atoms with van der Waals surface area (Å²) in [6.07, 6.45) is 3.45. The van der Waals surface area contributed by atoms with E-state index in [2.05, 4.69) is 30.9 Å². The lowest BCUT2D eigenvalue weighted by molar-refractivity contribution is -0.120. The molecule has 0 unspecified atom stereocenters. The molecule has 3 rings (SSSR count). The van der Waals surface area contributed by atoms with Crippen molar-refractivity contribution in [3.05, 3.63) is 18.0 Å². The molecule has 1 aliphatic rings. The van der Waals surface area contributed by atoms with Crippen LogP contribution in [0.4, 0.5) is 11.8 Å². The highest BCUT2D eigenvalue weighted by molar-refractivity contribution is 5.94. The standard InChI is InChI=1S/C17H21N7O/c1-10(2)21-15-14-12(6-13(7-18)22-15)9-20-17(23-14)24-16(25)11-4-3-5-19-8-11/h6,9-11,19H,3-5,8H2,1-2H3,(H,21,22)(H,20,23,24,25)/t11-/m0/s1. The highest BCUT2D eigenvalue weighted by atomic mass is 16.2. The fraction of sp³-hybridized carbons (Fsp3) is 0.471. The maximum absolute atomic E-state index is 12.4. The number of aromatic nitrogens is 3. The molecule has 8 heteroatoms. The molecule has 0 radical (unpaired) electrons. The van der Waals surface area contributed by atoms with E-state index in [1.807, 2.05) is 19.9 Å². The predicted octanol–water partition coefficient (Wildman–Crippen LogP) is 1.65. The van der Waals surface area contributed by atoms with Gasteiger partial charge in [0.25, 0.3) is 0 Å². The van der Waals surface area contributed by atoms with Crippen LogP contribution in [0.3, 0.4) is 0 Å². The van der Waals surface area contributed by atoms with Gasteiger partial charge in [-0.15, -0.1) is 0 Å². The first-order chi connectivity index (χ1) is 12.1. The molecule has 0 spiro atoms. The van der Waals surface area contributed by atoms with Gasteiger partial charge in [-0.1, -0.05) is 0 Å². The SMILES string of the molecule is CC(C)Nc1nc(C#N)cc2cnc(NC(=O)[C@H]3CCCNC3)nc12. The third-order valence-electron chi connectivity index (χ3n) is 4.01. The molecule has 0 aromatic carbocycles. The van der Waals surface area contributed by atoms with Crippen LogP contribution in [-0.4, -0.2) is 40.0 Å². The Kier molecular flexibility index (Phi) is 5.05. The highest BCUT2D eigenvalue weighted by Gasteiger charge is 2.22. The van der Waals surface area contributed by atoms with Crippen molar-refractivity contribution in [1.82, 2.24) is 20.3 Å². The Bertz CT molecular complexity index is 822. The zero-order valence-electron chi connectivity index (χ0n) is 14.3. The highest BCUT2D eigenvalue weighted by Crippen LogP contribution is 2.22. The smallest absolute Gasteiger partial charge is 0.231 e. The Hall–Kier alpha value is -2.79. The number of nitrogens with one attached hydrogen (secondary N) is 3. The zero-order valence-corrected chi connectivity index (χ0v) is 14.3. The first-order valence-corrected chi connectivity index (χ1v) is 8.43. The predicted molar refractivity (Wildman–Crippen MR) is 95.0 cm³/mol. The monoisotopic (exact) mass is 339 g/mol. The molecule has 2 aromatic rings. The molecule has 3 N–H and O–H groups in total.